The van der Waals surface area contributed by atoms with Crippen molar-refractivity contribution < 1.29 is 4.79 Å². The molecule has 122 valence electrons. The Kier molecular flexibility index (Phi) is 5.70. The molecule has 1 N–H and O–H groups in total. The number of hydrogen-bond donors (Lipinski definition) is 1. The van der Waals surface area contributed by atoms with Crippen LogP contribution in [-0.2, 0) is 4.79 Å². The average Bonchev–Trinajstić information content (AvgIpc) is 2.45. The van der Waals surface area contributed by atoms with E-state index in [0.717, 1.165) is 31.8 Å². The van der Waals surface area contributed by atoms with Crippen molar-refractivity contribution in [1.82, 2.24) is 10.2 Å². The molecule has 0 aromatic carbocycles. The Morgan fingerprint density at radius 1 is 1.19 bits per heavy atom. The summed E-state index contributed by atoms with van der Waals surface area (Å²) in [4.78, 5) is 15.3. The Morgan fingerprint density at radius 2 is 1.90 bits per heavy atom. The molecule has 0 aromatic heterocycles. The first-order valence-electron chi connectivity index (χ1n) is 9.00. The summed E-state index contributed by atoms with van der Waals surface area (Å²) in [5.74, 6) is 1.71. The number of fused-ring (bicyclic) bond motifs is 1. The smallest absolute Gasteiger partial charge is 0.240 e. The largest absolute Gasteiger partial charge is 0.336 e. The molecule has 3 atom stereocenters. The molecule has 1 aliphatic heterocycles. The van der Waals surface area contributed by atoms with Gasteiger partial charge in [-0.3, -0.25) is 4.79 Å². The number of nitrogens with one attached hydrogen (secondary N) is 1. The van der Waals surface area contributed by atoms with Gasteiger partial charge in [0.15, 0.2) is 0 Å². The SMILES string of the molecule is CCCCN(C(=O)C1NCCC2CCCCC21)C(C)(C)C. The molecule has 3 heteroatoms. The van der Waals surface area contributed by atoms with Crippen LogP contribution in [0.3, 0.4) is 0 Å². The monoisotopic (exact) mass is 294 g/mol. The standard InChI is InChI=1S/C18H34N2O/c1-5-6-13-20(18(2,3)4)17(21)16-15-10-8-7-9-14(15)11-12-19-16/h14-16,19H,5-13H2,1-4H3. The van der Waals surface area contributed by atoms with Gasteiger partial charge in [0.1, 0.15) is 0 Å². The van der Waals surface area contributed by atoms with Gasteiger partial charge < -0.3 is 10.2 Å². The number of piperidine rings is 1. The highest BCUT2D eigenvalue weighted by Crippen LogP contribution is 2.37. The zero-order valence-electron chi connectivity index (χ0n) is 14.5. The predicted molar refractivity (Wildman–Crippen MR) is 88.2 cm³/mol. The number of hydrogen-bond acceptors (Lipinski definition) is 2. The molecule has 2 aliphatic rings. The third-order valence-electron chi connectivity index (χ3n) is 5.35. The van der Waals surface area contributed by atoms with Crippen LogP contribution in [0.25, 0.3) is 0 Å². The second kappa shape index (κ2) is 7.13. The van der Waals surface area contributed by atoms with Gasteiger partial charge in [-0.25, -0.2) is 0 Å². The molecule has 1 saturated heterocycles. The van der Waals surface area contributed by atoms with Gasteiger partial charge in [-0.2, -0.15) is 0 Å². The highest BCUT2D eigenvalue weighted by atomic mass is 16.2. The van der Waals surface area contributed by atoms with Gasteiger partial charge >= 0.3 is 0 Å². The lowest BCUT2D eigenvalue weighted by molar-refractivity contribution is -0.141. The number of carbonyl (C=O) groups is 1. The lowest BCUT2D eigenvalue weighted by Gasteiger charge is -2.45. The van der Waals surface area contributed by atoms with Crippen LogP contribution in [0.1, 0.15) is 72.6 Å². The van der Waals surface area contributed by atoms with Crippen LogP contribution in [0.5, 0.6) is 0 Å². The Labute approximate surface area is 130 Å². The highest BCUT2D eigenvalue weighted by molar-refractivity contribution is 5.83. The molecule has 1 aliphatic carbocycles. The van der Waals surface area contributed by atoms with Crippen molar-refractivity contribution in [1.29, 1.82) is 0 Å². The van der Waals surface area contributed by atoms with E-state index in [9.17, 15) is 4.79 Å². The van der Waals surface area contributed by atoms with Gasteiger partial charge in [-0.1, -0.05) is 32.6 Å². The van der Waals surface area contributed by atoms with E-state index < -0.39 is 0 Å². The highest BCUT2D eigenvalue weighted by Gasteiger charge is 2.41. The van der Waals surface area contributed by atoms with Gasteiger partial charge in [0.25, 0.3) is 0 Å². The summed E-state index contributed by atoms with van der Waals surface area (Å²) in [6.45, 7) is 10.6. The molecule has 0 aromatic rings. The maximum Gasteiger partial charge on any atom is 0.240 e. The van der Waals surface area contributed by atoms with E-state index in [4.69, 9.17) is 0 Å². The minimum absolute atomic E-state index is 0.0696. The Morgan fingerprint density at radius 3 is 2.57 bits per heavy atom. The van der Waals surface area contributed by atoms with Crippen molar-refractivity contribution in [2.75, 3.05) is 13.1 Å². The van der Waals surface area contributed by atoms with Crippen molar-refractivity contribution in [3.8, 4) is 0 Å². The second-order valence-corrected chi connectivity index (χ2v) is 7.94. The normalized spacial score (nSPS) is 29.8. The van der Waals surface area contributed by atoms with E-state index in [1.54, 1.807) is 0 Å². The van der Waals surface area contributed by atoms with Gasteiger partial charge in [0, 0.05) is 12.1 Å². The number of carbonyl (C=O) groups excluding carboxylic acids is 1. The fourth-order valence-electron chi connectivity index (χ4n) is 4.14. The van der Waals surface area contributed by atoms with E-state index in [1.165, 1.54) is 32.1 Å². The molecule has 2 fully saturated rings. The van der Waals surface area contributed by atoms with Crippen LogP contribution in [-0.4, -0.2) is 35.5 Å². The zero-order chi connectivity index (χ0) is 15.5. The Hall–Kier alpha value is -0.570. The zero-order valence-corrected chi connectivity index (χ0v) is 14.5. The molecular formula is C18H34N2O. The molecule has 0 spiro atoms. The summed E-state index contributed by atoms with van der Waals surface area (Å²) in [5.41, 5.74) is -0.0739. The molecule has 1 saturated carbocycles. The molecule has 3 unspecified atom stereocenters. The average molecular weight is 294 g/mol. The summed E-state index contributed by atoms with van der Waals surface area (Å²) in [6.07, 6.45) is 8.74. The van der Waals surface area contributed by atoms with Crippen molar-refractivity contribution >= 4 is 5.91 Å². The molecule has 21 heavy (non-hydrogen) atoms. The van der Waals surface area contributed by atoms with Crippen LogP contribution in [0.4, 0.5) is 0 Å². The van der Waals surface area contributed by atoms with Crippen LogP contribution in [0, 0.1) is 11.8 Å². The van der Waals surface area contributed by atoms with Crippen LogP contribution < -0.4 is 5.32 Å². The third kappa shape index (κ3) is 4.00. The molecule has 1 heterocycles. The number of unbranched alkanes of at least 4 members (excludes halogenated alkanes) is 1. The molecule has 0 radical (unpaired) electrons. The van der Waals surface area contributed by atoms with Crippen molar-refractivity contribution in [2.24, 2.45) is 11.8 Å². The summed E-state index contributed by atoms with van der Waals surface area (Å²) in [6, 6.07) is 0.0696. The third-order valence-corrected chi connectivity index (χ3v) is 5.35. The van der Waals surface area contributed by atoms with Crippen LogP contribution >= 0.6 is 0 Å². The molecular weight excluding hydrogens is 260 g/mol. The minimum Gasteiger partial charge on any atom is -0.336 e. The lowest BCUT2D eigenvalue weighted by Crippen LogP contribution is -2.59. The van der Waals surface area contributed by atoms with Gasteiger partial charge in [-0.15, -0.1) is 0 Å². The van der Waals surface area contributed by atoms with Crippen molar-refractivity contribution in [3.63, 3.8) is 0 Å². The van der Waals surface area contributed by atoms with Crippen LogP contribution in [0.2, 0.25) is 0 Å². The number of nitrogens with zero attached hydrogens (tertiary/aromatic N) is 1. The number of rotatable bonds is 4. The molecule has 3 nitrogen and oxygen atoms in total. The Bertz CT molecular complexity index is 346. The first-order chi connectivity index (χ1) is 9.95. The van der Waals surface area contributed by atoms with E-state index in [1.807, 2.05) is 0 Å². The Balaban J connectivity index is 2.10. The summed E-state index contributed by atoms with van der Waals surface area (Å²) >= 11 is 0. The molecule has 0 bridgehead atoms. The molecule has 2 rings (SSSR count). The van der Waals surface area contributed by atoms with E-state index in [2.05, 4.69) is 37.9 Å². The maximum atomic E-state index is 13.2. The summed E-state index contributed by atoms with van der Waals surface area (Å²) in [5, 5.41) is 3.56. The topological polar surface area (TPSA) is 32.3 Å². The van der Waals surface area contributed by atoms with Gasteiger partial charge in [0.05, 0.1) is 6.04 Å². The van der Waals surface area contributed by atoms with E-state index in [-0.39, 0.29) is 11.6 Å². The first-order valence-corrected chi connectivity index (χ1v) is 9.00. The number of amides is 1. The fourth-order valence-corrected chi connectivity index (χ4v) is 4.14. The maximum absolute atomic E-state index is 13.2. The van der Waals surface area contributed by atoms with Crippen LogP contribution in [0.15, 0.2) is 0 Å². The summed E-state index contributed by atoms with van der Waals surface area (Å²) < 4.78 is 0. The first kappa shape index (κ1) is 16.8. The van der Waals surface area contributed by atoms with E-state index in [0.29, 0.717) is 11.8 Å². The quantitative estimate of drug-likeness (QED) is 0.859. The second-order valence-electron chi connectivity index (χ2n) is 7.94. The fraction of sp³-hybridized carbons (Fsp3) is 0.944. The minimum atomic E-state index is -0.0739. The van der Waals surface area contributed by atoms with Crippen molar-refractivity contribution in [2.45, 2.75) is 84.2 Å². The molecule has 1 amide bonds. The van der Waals surface area contributed by atoms with E-state index >= 15 is 0 Å². The summed E-state index contributed by atoms with van der Waals surface area (Å²) in [7, 11) is 0. The predicted octanol–water partition coefficient (Wildman–Crippen LogP) is 3.58. The van der Waals surface area contributed by atoms with Crippen molar-refractivity contribution in [3.05, 3.63) is 0 Å². The lowest BCUT2D eigenvalue weighted by atomic mass is 9.71. The van der Waals surface area contributed by atoms with Gasteiger partial charge in [-0.05, 0) is 58.4 Å². The van der Waals surface area contributed by atoms with Gasteiger partial charge in [0.2, 0.25) is 5.91 Å².